The van der Waals surface area contributed by atoms with Gasteiger partial charge in [0.15, 0.2) is 5.13 Å². The van der Waals surface area contributed by atoms with Crippen LogP contribution < -0.4 is 15.8 Å². The Morgan fingerprint density at radius 3 is 2.97 bits per heavy atom. The van der Waals surface area contributed by atoms with Gasteiger partial charge in [0.05, 0.1) is 43.5 Å². The number of aromatic nitrogens is 6. The first-order valence-corrected chi connectivity index (χ1v) is 11.2. The highest BCUT2D eigenvalue weighted by atomic mass is 35.5. The van der Waals surface area contributed by atoms with Crippen molar-refractivity contribution >= 4 is 33.8 Å². The molecule has 0 spiro atoms. The maximum atomic E-state index is 13.1. The molecule has 4 rings (SSSR count). The highest BCUT2D eigenvalue weighted by molar-refractivity contribution is 7.19. The second kappa shape index (κ2) is 9.65. The molecule has 0 saturated carbocycles. The van der Waals surface area contributed by atoms with Gasteiger partial charge in [0.2, 0.25) is 0 Å². The van der Waals surface area contributed by atoms with Gasteiger partial charge in [0, 0.05) is 19.1 Å². The third-order valence-electron chi connectivity index (χ3n) is 4.99. The van der Waals surface area contributed by atoms with Gasteiger partial charge in [-0.3, -0.25) is 4.79 Å². The third-order valence-corrected chi connectivity index (χ3v) is 6.17. The standard InChI is InChI=1S/C18H20ClF3N8O2S/c1-10(25-13-4-24-27-16(31)15(13)18(20,21)22)8-32-9-11-6-30(28-26-11)12-2-3-29(7-12)17-23-5-14(19)33-17/h4-6,10,12H,2-3,7-9H2,1H3,(H2,25,27,31). The Kier molecular flexibility index (Phi) is 6.86. The molecule has 0 amide bonds. The van der Waals surface area contributed by atoms with Crippen LogP contribution in [-0.4, -0.2) is 55.9 Å². The third kappa shape index (κ3) is 5.62. The van der Waals surface area contributed by atoms with Crippen LogP contribution in [0.3, 0.4) is 0 Å². The molecule has 178 valence electrons. The van der Waals surface area contributed by atoms with E-state index in [-0.39, 0.29) is 19.3 Å². The molecule has 4 heterocycles. The molecular formula is C18H20ClF3N8O2S. The fraction of sp³-hybridized carbons (Fsp3) is 0.500. The van der Waals surface area contributed by atoms with Crippen molar-refractivity contribution in [3.8, 4) is 0 Å². The quantitative estimate of drug-likeness (QED) is 0.481. The Balaban J connectivity index is 1.28. The number of anilines is 2. The van der Waals surface area contributed by atoms with Gasteiger partial charge in [0.25, 0.3) is 5.56 Å². The molecule has 3 aromatic rings. The minimum Gasteiger partial charge on any atom is -0.378 e. The van der Waals surface area contributed by atoms with Crippen LogP contribution in [0.2, 0.25) is 4.34 Å². The number of aromatic amines is 1. The summed E-state index contributed by atoms with van der Waals surface area (Å²) < 4.78 is 47.4. The Morgan fingerprint density at radius 1 is 1.42 bits per heavy atom. The van der Waals surface area contributed by atoms with Crippen molar-refractivity contribution in [2.75, 3.05) is 29.9 Å². The van der Waals surface area contributed by atoms with E-state index in [2.05, 4.69) is 30.6 Å². The normalized spacial score (nSPS) is 17.5. The zero-order valence-electron chi connectivity index (χ0n) is 17.3. The van der Waals surface area contributed by atoms with Crippen LogP contribution in [0.1, 0.15) is 30.6 Å². The van der Waals surface area contributed by atoms with E-state index in [9.17, 15) is 18.0 Å². The lowest BCUT2D eigenvalue weighted by atomic mass is 10.2. The SMILES string of the molecule is CC(COCc1cn(C2CCN(c3ncc(Cl)s3)C2)nn1)Nc1cn[nH]c(=O)c1C(F)(F)F. The number of H-pyrrole nitrogens is 1. The molecule has 2 atom stereocenters. The smallest absolute Gasteiger partial charge is 0.378 e. The molecule has 2 N–H and O–H groups in total. The topological polar surface area (TPSA) is 114 Å². The van der Waals surface area contributed by atoms with Crippen LogP contribution in [0.25, 0.3) is 0 Å². The van der Waals surface area contributed by atoms with Crippen LogP contribution in [0, 0.1) is 0 Å². The van der Waals surface area contributed by atoms with E-state index in [1.54, 1.807) is 29.1 Å². The maximum absolute atomic E-state index is 13.1. The highest BCUT2D eigenvalue weighted by Gasteiger charge is 2.37. The molecule has 0 aliphatic carbocycles. The second-order valence-electron chi connectivity index (χ2n) is 7.57. The van der Waals surface area contributed by atoms with Gasteiger partial charge < -0.3 is 15.0 Å². The largest absolute Gasteiger partial charge is 0.423 e. The average molecular weight is 505 g/mol. The lowest BCUT2D eigenvalue weighted by Crippen LogP contribution is -2.29. The zero-order valence-corrected chi connectivity index (χ0v) is 18.9. The zero-order chi connectivity index (χ0) is 23.6. The molecule has 0 aromatic carbocycles. The number of hydrogen-bond acceptors (Lipinski definition) is 9. The lowest BCUT2D eigenvalue weighted by molar-refractivity contribution is -0.138. The first kappa shape index (κ1) is 23.4. The van der Waals surface area contributed by atoms with Gasteiger partial charge in [-0.2, -0.15) is 18.3 Å². The number of nitrogens with one attached hydrogen (secondary N) is 2. The van der Waals surface area contributed by atoms with Gasteiger partial charge in [-0.1, -0.05) is 28.2 Å². The Labute approximate surface area is 194 Å². The van der Waals surface area contributed by atoms with Gasteiger partial charge >= 0.3 is 6.18 Å². The van der Waals surface area contributed by atoms with Gasteiger partial charge in [0.1, 0.15) is 15.6 Å². The van der Waals surface area contributed by atoms with E-state index >= 15 is 0 Å². The van der Waals surface area contributed by atoms with Crippen molar-refractivity contribution in [1.82, 2.24) is 30.2 Å². The molecule has 0 radical (unpaired) electrons. The van der Waals surface area contributed by atoms with E-state index < -0.39 is 29.0 Å². The molecule has 10 nitrogen and oxygen atoms in total. The number of nitrogens with zero attached hydrogens (tertiary/aromatic N) is 6. The molecule has 33 heavy (non-hydrogen) atoms. The van der Waals surface area contributed by atoms with E-state index in [0.29, 0.717) is 10.0 Å². The van der Waals surface area contributed by atoms with Crippen molar-refractivity contribution in [2.45, 2.75) is 38.2 Å². The van der Waals surface area contributed by atoms with Gasteiger partial charge in [-0.15, -0.1) is 5.10 Å². The summed E-state index contributed by atoms with van der Waals surface area (Å²) in [6.45, 7) is 3.43. The monoisotopic (exact) mass is 504 g/mol. The van der Waals surface area contributed by atoms with E-state index in [4.69, 9.17) is 16.3 Å². The Hall–Kier alpha value is -2.71. The minimum atomic E-state index is -4.81. The molecule has 1 fully saturated rings. The summed E-state index contributed by atoms with van der Waals surface area (Å²) in [6, 6.07) is -0.378. The van der Waals surface area contributed by atoms with Crippen LogP contribution in [0.5, 0.6) is 0 Å². The molecule has 15 heteroatoms. The van der Waals surface area contributed by atoms with Crippen molar-refractivity contribution in [3.05, 3.63) is 44.5 Å². The summed E-state index contributed by atoms with van der Waals surface area (Å²) in [5, 5.41) is 17.0. The van der Waals surface area contributed by atoms with Crippen LogP contribution >= 0.6 is 22.9 Å². The van der Waals surface area contributed by atoms with Crippen LogP contribution in [0.4, 0.5) is 24.0 Å². The predicted octanol–water partition coefficient (Wildman–Crippen LogP) is 2.96. The second-order valence-corrected chi connectivity index (χ2v) is 9.21. The number of alkyl halides is 3. The van der Waals surface area contributed by atoms with Crippen molar-refractivity contribution in [2.24, 2.45) is 0 Å². The summed E-state index contributed by atoms with van der Waals surface area (Å²) in [6.07, 6.45) is 0.430. The summed E-state index contributed by atoms with van der Waals surface area (Å²) in [5.74, 6) is 0. The fourth-order valence-electron chi connectivity index (χ4n) is 3.52. The summed E-state index contributed by atoms with van der Waals surface area (Å²) in [5.41, 5.74) is -2.43. The molecule has 2 unspecified atom stereocenters. The van der Waals surface area contributed by atoms with E-state index in [1.807, 2.05) is 0 Å². The van der Waals surface area contributed by atoms with Crippen molar-refractivity contribution in [3.63, 3.8) is 0 Å². The van der Waals surface area contributed by atoms with E-state index in [1.165, 1.54) is 11.3 Å². The predicted molar refractivity (Wildman–Crippen MR) is 116 cm³/mol. The average Bonchev–Trinajstić information content (AvgIpc) is 3.47. The minimum absolute atomic E-state index is 0.0823. The van der Waals surface area contributed by atoms with Crippen LogP contribution in [0.15, 0.2) is 23.4 Å². The summed E-state index contributed by atoms with van der Waals surface area (Å²) >= 11 is 7.39. The summed E-state index contributed by atoms with van der Waals surface area (Å²) in [4.78, 5) is 18.0. The number of rotatable bonds is 8. The molecule has 1 aliphatic heterocycles. The maximum Gasteiger partial charge on any atom is 0.423 e. The first-order chi connectivity index (χ1) is 15.7. The van der Waals surface area contributed by atoms with Gasteiger partial charge in [-0.05, 0) is 13.3 Å². The number of hydrogen-bond donors (Lipinski definition) is 2. The van der Waals surface area contributed by atoms with Crippen molar-refractivity contribution in [1.29, 1.82) is 0 Å². The molecule has 0 bridgehead atoms. The highest BCUT2D eigenvalue weighted by Crippen LogP contribution is 2.32. The first-order valence-electron chi connectivity index (χ1n) is 9.97. The summed E-state index contributed by atoms with van der Waals surface area (Å²) in [7, 11) is 0. The molecular weight excluding hydrogens is 485 g/mol. The fourth-order valence-corrected chi connectivity index (χ4v) is 4.45. The molecule has 3 aromatic heterocycles. The van der Waals surface area contributed by atoms with Gasteiger partial charge in [-0.25, -0.2) is 14.8 Å². The number of thiazole rings is 1. The molecule has 1 aliphatic rings. The van der Waals surface area contributed by atoms with Crippen LogP contribution in [-0.2, 0) is 17.5 Å². The van der Waals surface area contributed by atoms with E-state index in [0.717, 1.165) is 30.8 Å². The van der Waals surface area contributed by atoms with Crippen molar-refractivity contribution < 1.29 is 17.9 Å². The number of ether oxygens (including phenoxy) is 1. The Bertz CT molecular complexity index is 1150. The lowest BCUT2D eigenvalue weighted by Gasteiger charge is -2.18. The number of halogens is 4. The Morgan fingerprint density at radius 2 is 2.24 bits per heavy atom. The molecule has 1 saturated heterocycles.